The third kappa shape index (κ3) is 3.10. The number of ketones is 1. The van der Waals surface area contributed by atoms with Crippen molar-refractivity contribution in [3.05, 3.63) is 70.0 Å². The number of nitriles is 1. The Morgan fingerprint density at radius 3 is 2.75 bits per heavy atom. The highest BCUT2D eigenvalue weighted by Gasteiger charge is 2.44. The number of nitrogens with two attached hydrogens (primary N) is 1. The molecule has 1 atom stereocenters. The monoisotopic (exact) mass is 394 g/mol. The van der Waals surface area contributed by atoms with Crippen LogP contribution in [0.15, 0.2) is 63.6 Å². The van der Waals surface area contributed by atoms with Gasteiger partial charge in [0.15, 0.2) is 5.78 Å². The number of ether oxygens (including phenoxy) is 1. The van der Waals surface area contributed by atoms with Crippen molar-refractivity contribution in [2.75, 3.05) is 0 Å². The molecule has 0 unspecified atom stereocenters. The fraction of sp³-hybridized carbons (Fsp3) is 0.273. The Labute approximate surface area is 168 Å². The molecule has 2 aliphatic rings. The van der Waals surface area contributed by atoms with Crippen molar-refractivity contribution in [2.45, 2.75) is 32.6 Å². The van der Waals surface area contributed by atoms with Gasteiger partial charge in [0, 0.05) is 29.0 Å². The summed E-state index contributed by atoms with van der Waals surface area (Å²) in [5.74, 6) is 0.937. The Morgan fingerprint density at radius 1 is 1.25 bits per heavy atom. The van der Waals surface area contributed by atoms with Crippen molar-refractivity contribution in [1.82, 2.24) is 0 Å². The maximum absolute atomic E-state index is 12.9. The second-order valence-electron chi connectivity index (χ2n) is 7.91. The van der Waals surface area contributed by atoms with E-state index in [1.165, 1.54) is 0 Å². The van der Waals surface area contributed by atoms with E-state index < -0.39 is 5.92 Å². The SMILES string of the molecule is CC1(C)CC(=O)C2=C(C1)OC(N)=C(C#N)[C@@H]2c1ccc(-c2cccc(Cl)c2)o1. The summed E-state index contributed by atoms with van der Waals surface area (Å²) in [6.45, 7) is 4.02. The number of halogens is 1. The van der Waals surface area contributed by atoms with Crippen molar-refractivity contribution < 1.29 is 13.9 Å². The number of Topliss-reactive ketones (excluding diaryl/α,β-unsaturated/α-hetero) is 1. The Hall–Kier alpha value is -2.97. The van der Waals surface area contributed by atoms with Crippen molar-refractivity contribution in [3.63, 3.8) is 0 Å². The summed E-state index contributed by atoms with van der Waals surface area (Å²) >= 11 is 6.07. The van der Waals surface area contributed by atoms with E-state index in [0.29, 0.717) is 40.7 Å². The van der Waals surface area contributed by atoms with Gasteiger partial charge in [0.2, 0.25) is 5.88 Å². The average Bonchev–Trinajstić information content (AvgIpc) is 3.09. The maximum atomic E-state index is 12.9. The molecule has 0 spiro atoms. The van der Waals surface area contributed by atoms with E-state index in [1.54, 1.807) is 24.3 Å². The molecule has 0 fully saturated rings. The molecule has 2 heterocycles. The molecule has 2 N–H and O–H groups in total. The van der Waals surface area contributed by atoms with Gasteiger partial charge in [-0.05, 0) is 29.7 Å². The Balaban J connectivity index is 1.82. The molecule has 1 aromatic heterocycles. The first kappa shape index (κ1) is 18.4. The number of carbonyl (C=O) groups is 1. The molecule has 142 valence electrons. The second-order valence-corrected chi connectivity index (χ2v) is 8.35. The molecule has 0 radical (unpaired) electrons. The van der Waals surface area contributed by atoms with E-state index in [9.17, 15) is 10.1 Å². The summed E-state index contributed by atoms with van der Waals surface area (Å²) in [5, 5.41) is 10.3. The van der Waals surface area contributed by atoms with Crippen LogP contribution in [0.1, 0.15) is 38.4 Å². The van der Waals surface area contributed by atoms with Gasteiger partial charge in [-0.1, -0.05) is 37.6 Å². The third-order valence-electron chi connectivity index (χ3n) is 5.10. The van der Waals surface area contributed by atoms with Crippen LogP contribution in [-0.4, -0.2) is 5.78 Å². The number of nitrogens with zero attached hydrogens (tertiary/aromatic N) is 1. The molecule has 6 heteroatoms. The van der Waals surface area contributed by atoms with E-state index in [2.05, 4.69) is 6.07 Å². The van der Waals surface area contributed by atoms with Crippen LogP contribution in [0.25, 0.3) is 11.3 Å². The first-order chi connectivity index (χ1) is 13.3. The number of rotatable bonds is 2. The lowest BCUT2D eigenvalue weighted by atomic mass is 9.71. The summed E-state index contributed by atoms with van der Waals surface area (Å²) in [6.07, 6.45) is 0.956. The van der Waals surface area contributed by atoms with E-state index >= 15 is 0 Å². The van der Waals surface area contributed by atoms with Crippen molar-refractivity contribution >= 4 is 17.4 Å². The molecule has 1 aromatic carbocycles. The molecule has 1 aliphatic carbocycles. The number of carbonyl (C=O) groups excluding carboxylic acids is 1. The third-order valence-corrected chi connectivity index (χ3v) is 5.33. The first-order valence-corrected chi connectivity index (χ1v) is 9.36. The van der Waals surface area contributed by atoms with E-state index in [1.807, 2.05) is 26.0 Å². The van der Waals surface area contributed by atoms with Crippen molar-refractivity contribution in [3.8, 4) is 17.4 Å². The summed E-state index contributed by atoms with van der Waals surface area (Å²) in [6, 6.07) is 13.0. The predicted molar refractivity (Wildman–Crippen MR) is 105 cm³/mol. The van der Waals surface area contributed by atoms with Crippen LogP contribution in [0.2, 0.25) is 5.02 Å². The van der Waals surface area contributed by atoms with Gasteiger partial charge in [0.05, 0.1) is 5.92 Å². The fourth-order valence-electron chi connectivity index (χ4n) is 3.87. The highest BCUT2D eigenvalue weighted by atomic mass is 35.5. The van der Waals surface area contributed by atoms with Gasteiger partial charge in [-0.15, -0.1) is 0 Å². The van der Waals surface area contributed by atoms with Crippen LogP contribution in [0.3, 0.4) is 0 Å². The molecule has 28 heavy (non-hydrogen) atoms. The molecule has 0 saturated heterocycles. The number of benzene rings is 1. The second kappa shape index (κ2) is 6.57. The molecular weight excluding hydrogens is 376 g/mol. The smallest absolute Gasteiger partial charge is 0.205 e. The number of hydrogen-bond acceptors (Lipinski definition) is 5. The first-order valence-electron chi connectivity index (χ1n) is 8.98. The lowest BCUT2D eigenvalue weighted by Gasteiger charge is -2.36. The molecule has 0 saturated carbocycles. The Morgan fingerprint density at radius 2 is 2.04 bits per heavy atom. The van der Waals surface area contributed by atoms with E-state index in [0.717, 1.165) is 5.56 Å². The maximum Gasteiger partial charge on any atom is 0.205 e. The Kier molecular flexibility index (Phi) is 4.32. The molecular formula is C22H19ClN2O3. The lowest BCUT2D eigenvalue weighted by Crippen LogP contribution is -2.33. The minimum Gasteiger partial charge on any atom is -0.460 e. The van der Waals surface area contributed by atoms with Crippen LogP contribution >= 0.6 is 11.6 Å². The summed E-state index contributed by atoms with van der Waals surface area (Å²) in [4.78, 5) is 12.9. The predicted octanol–water partition coefficient (Wildman–Crippen LogP) is 5.05. The van der Waals surface area contributed by atoms with Gasteiger partial charge in [-0.2, -0.15) is 5.26 Å². The number of furan rings is 1. The van der Waals surface area contributed by atoms with Gasteiger partial charge in [-0.25, -0.2) is 0 Å². The minimum absolute atomic E-state index is 0.0254. The lowest BCUT2D eigenvalue weighted by molar-refractivity contribution is -0.119. The van der Waals surface area contributed by atoms with Crippen LogP contribution in [-0.2, 0) is 9.53 Å². The van der Waals surface area contributed by atoms with Gasteiger partial charge < -0.3 is 14.9 Å². The molecule has 5 nitrogen and oxygen atoms in total. The van der Waals surface area contributed by atoms with E-state index in [-0.39, 0.29) is 22.7 Å². The van der Waals surface area contributed by atoms with Crippen LogP contribution in [0.4, 0.5) is 0 Å². The highest BCUT2D eigenvalue weighted by Crippen LogP contribution is 2.48. The van der Waals surface area contributed by atoms with Crippen LogP contribution in [0.5, 0.6) is 0 Å². The zero-order valence-corrected chi connectivity index (χ0v) is 16.3. The topological polar surface area (TPSA) is 89.2 Å². The quantitative estimate of drug-likeness (QED) is 0.769. The van der Waals surface area contributed by atoms with Crippen LogP contribution < -0.4 is 5.73 Å². The fourth-order valence-corrected chi connectivity index (χ4v) is 4.06. The minimum atomic E-state index is -0.662. The molecule has 1 aliphatic heterocycles. The molecule has 4 rings (SSSR count). The standard InChI is InChI=1S/C22H19ClN2O3/c1-22(2)9-15(26)20-18(10-22)28-21(25)14(11-24)19(20)17-7-6-16(27-17)12-4-3-5-13(23)8-12/h3-8,19H,9-10,25H2,1-2H3/t19-/m1/s1. The Bertz CT molecular complexity index is 1090. The zero-order valence-electron chi connectivity index (χ0n) is 15.6. The summed E-state index contributed by atoms with van der Waals surface area (Å²) in [5.41, 5.74) is 7.28. The largest absolute Gasteiger partial charge is 0.460 e. The highest BCUT2D eigenvalue weighted by molar-refractivity contribution is 6.30. The average molecular weight is 395 g/mol. The number of hydrogen-bond donors (Lipinski definition) is 1. The van der Waals surface area contributed by atoms with Gasteiger partial charge >= 0.3 is 0 Å². The van der Waals surface area contributed by atoms with Gasteiger partial charge in [0.1, 0.15) is 28.9 Å². The van der Waals surface area contributed by atoms with E-state index in [4.69, 9.17) is 26.5 Å². The summed E-state index contributed by atoms with van der Waals surface area (Å²) in [7, 11) is 0. The van der Waals surface area contributed by atoms with Gasteiger partial charge in [0.25, 0.3) is 0 Å². The van der Waals surface area contributed by atoms with Crippen LogP contribution in [0, 0.1) is 16.7 Å². The molecule has 0 amide bonds. The molecule has 2 aromatic rings. The summed E-state index contributed by atoms with van der Waals surface area (Å²) < 4.78 is 11.7. The van der Waals surface area contributed by atoms with Crippen molar-refractivity contribution in [1.29, 1.82) is 5.26 Å². The van der Waals surface area contributed by atoms with Crippen molar-refractivity contribution in [2.24, 2.45) is 11.1 Å². The normalized spacial score (nSPS) is 21.2. The van der Waals surface area contributed by atoms with Gasteiger partial charge in [-0.3, -0.25) is 4.79 Å². The zero-order chi connectivity index (χ0) is 20.1. The molecule has 0 bridgehead atoms. The number of allylic oxidation sites excluding steroid dienone is 3.